The van der Waals surface area contributed by atoms with E-state index in [1.807, 2.05) is 18.5 Å². The molecule has 4 heterocycles. The lowest BCUT2D eigenvalue weighted by Gasteiger charge is -2.40. The molecule has 0 radical (unpaired) electrons. The molecule has 4 nitrogen and oxygen atoms in total. The summed E-state index contributed by atoms with van der Waals surface area (Å²) in [6.45, 7) is 9.31. The largest absolute Gasteiger partial charge is 0.306 e. The third-order valence-electron chi connectivity index (χ3n) is 7.78. The standard InChI is InChI=1S/C32H28N4Si/c1-21-11-14-26-29(18-21)37(3,4)30-19-22(2)12-15-27(30)36(26)31-16-13-23(20-34-31)35-25-9-6-5-8-24(25)32-28(35)10-7-17-33-32/h5-20H,1-4H3. The van der Waals surface area contributed by atoms with E-state index >= 15 is 0 Å². The van der Waals surface area contributed by atoms with Crippen LogP contribution in [0.2, 0.25) is 13.1 Å². The second kappa shape index (κ2) is 7.89. The number of benzene rings is 3. The normalized spacial score (nSPS) is 14.1. The lowest BCUT2D eigenvalue weighted by atomic mass is 10.1. The molecular weight excluding hydrogens is 468 g/mol. The number of aryl methyl sites for hydroxylation is 2. The molecule has 6 aromatic rings. The second-order valence-corrected chi connectivity index (χ2v) is 14.9. The number of aromatic nitrogens is 3. The number of fused-ring (bicyclic) bond motifs is 5. The van der Waals surface area contributed by atoms with Gasteiger partial charge in [0.2, 0.25) is 0 Å². The van der Waals surface area contributed by atoms with Crippen LogP contribution >= 0.6 is 0 Å². The van der Waals surface area contributed by atoms with Gasteiger partial charge in [0.05, 0.1) is 28.4 Å². The fourth-order valence-electron chi connectivity index (χ4n) is 5.92. The molecule has 0 saturated carbocycles. The maximum atomic E-state index is 5.06. The van der Waals surface area contributed by atoms with Crippen LogP contribution in [-0.4, -0.2) is 22.6 Å². The molecule has 0 bridgehead atoms. The summed E-state index contributed by atoms with van der Waals surface area (Å²) in [7, 11) is -1.87. The maximum Gasteiger partial charge on any atom is 0.137 e. The molecule has 5 heteroatoms. The van der Waals surface area contributed by atoms with Gasteiger partial charge >= 0.3 is 0 Å². The van der Waals surface area contributed by atoms with Crippen LogP contribution in [0.25, 0.3) is 27.6 Å². The highest BCUT2D eigenvalue weighted by molar-refractivity contribution is 7.02. The molecule has 0 spiro atoms. The summed E-state index contributed by atoms with van der Waals surface area (Å²) in [6.07, 6.45) is 3.85. The van der Waals surface area contributed by atoms with Gasteiger partial charge in [-0.1, -0.05) is 66.7 Å². The van der Waals surface area contributed by atoms with Crippen LogP contribution in [0, 0.1) is 13.8 Å². The number of rotatable bonds is 2. The molecule has 180 valence electrons. The summed E-state index contributed by atoms with van der Waals surface area (Å²) in [6, 6.07) is 30.7. The van der Waals surface area contributed by atoms with Gasteiger partial charge in [0, 0.05) is 23.0 Å². The average Bonchev–Trinajstić information content (AvgIpc) is 3.25. The molecule has 0 N–H and O–H groups in total. The quantitative estimate of drug-likeness (QED) is 0.247. The Morgan fingerprint density at radius 2 is 1.35 bits per heavy atom. The highest BCUT2D eigenvalue weighted by Crippen LogP contribution is 2.38. The third kappa shape index (κ3) is 3.20. The Labute approximate surface area is 217 Å². The Morgan fingerprint density at radius 3 is 2.03 bits per heavy atom. The first-order chi connectivity index (χ1) is 17.9. The molecule has 3 aromatic heterocycles. The monoisotopic (exact) mass is 496 g/mol. The first kappa shape index (κ1) is 22.0. The summed E-state index contributed by atoms with van der Waals surface area (Å²) in [5.41, 5.74) is 9.38. The number of anilines is 3. The highest BCUT2D eigenvalue weighted by atomic mass is 28.3. The number of hydrogen-bond acceptors (Lipinski definition) is 3. The molecular formula is C32H28N4Si. The summed E-state index contributed by atoms with van der Waals surface area (Å²) >= 11 is 0. The maximum absolute atomic E-state index is 5.06. The predicted octanol–water partition coefficient (Wildman–Crippen LogP) is 6.80. The van der Waals surface area contributed by atoms with E-state index in [0.29, 0.717) is 0 Å². The van der Waals surface area contributed by atoms with E-state index in [9.17, 15) is 0 Å². The zero-order valence-corrected chi connectivity index (χ0v) is 22.5. The molecule has 0 unspecified atom stereocenters. The molecule has 0 aliphatic carbocycles. The van der Waals surface area contributed by atoms with Crippen molar-refractivity contribution in [3.8, 4) is 5.69 Å². The van der Waals surface area contributed by atoms with Gasteiger partial charge in [-0.2, -0.15) is 0 Å². The Bertz CT molecular complexity index is 1720. The van der Waals surface area contributed by atoms with Crippen LogP contribution < -0.4 is 15.3 Å². The van der Waals surface area contributed by atoms with E-state index in [0.717, 1.165) is 33.4 Å². The van der Waals surface area contributed by atoms with Crippen molar-refractivity contribution >= 4 is 57.6 Å². The molecule has 3 aromatic carbocycles. The van der Waals surface area contributed by atoms with Gasteiger partial charge in [-0.25, -0.2) is 4.98 Å². The SMILES string of the molecule is Cc1ccc2c(c1)[Si](C)(C)c1cc(C)ccc1N2c1ccc(-n2c3ccccc3c3ncccc32)cn1. The smallest absolute Gasteiger partial charge is 0.137 e. The van der Waals surface area contributed by atoms with Crippen LogP contribution in [0.1, 0.15) is 11.1 Å². The molecule has 0 atom stereocenters. The number of nitrogens with zero attached hydrogens (tertiary/aromatic N) is 4. The summed E-state index contributed by atoms with van der Waals surface area (Å²) in [5.74, 6) is 0.933. The molecule has 0 amide bonds. The van der Waals surface area contributed by atoms with Gasteiger partial charge < -0.3 is 4.57 Å². The molecule has 7 rings (SSSR count). The van der Waals surface area contributed by atoms with E-state index in [4.69, 9.17) is 4.98 Å². The third-order valence-corrected chi connectivity index (χ3v) is 11.3. The average molecular weight is 497 g/mol. The minimum Gasteiger partial charge on any atom is -0.306 e. The van der Waals surface area contributed by atoms with Gasteiger partial charge in [-0.3, -0.25) is 9.88 Å². The summed E-state index contributed by atoms with van der Waals surface area (Å²) < 4.78 is 2.26. The van der Waals surface area contributed by atoms with Gasteiger partial charge in [-0.15, -0.1) is 0 Å². The lowest BCUT2D eigenvalue weighted by molar-refractivity contribution is 1.11. The Kier molecular flexibility index (Phi) is 4.69. The molecule has 1 aliphatic rings. The molecule has 0 saturated heterocycles. The Balaban J connectivity index is 1.42. The van der Waals surface area contributed by atoms with Gasteiger partial charge in [-0.05, 0) is 66.7 Å². The Morgan fingerprint density at radius 1 is 0.676 bits per heavy atom. The van der Waals surface area contributed by atoms with Gasteiger partial charge in [0.25, 0.3) is 0 Å². The van der Waals surface area contributed by atoms with Crippen LogP contribution in [0.5, 0.6) is 0 Å². The van der Waals surface area contributed by atoms with Crippen molar-refractivity contribution in [3.05, 3.63) is 108 Å². The minimum absolute atomic E-state index is 0.933. The van der Waals surface area contributed by atoms with Crippen LogP contribution in [-0.2, 0) is 0 Å². The number of para-hydroxylation sites is 1. The zero-order valence-electron chi connectivity index (χ0n) is 21.5. The second-order valence-electron chi connectivity index (χ2n) is 10.6. The fraction of sp³-hybridized carbons (Fsp3) is 0.125. The van der Waals surface area contributed by atoms with E-state index in [-0.39, 0.29) is 0 Å². The first-order valence-electron chi connectivity index (χ1n) is 12.8. The number of pyridine rings is 2. The van der Waals surface area contributed by atoms with Crippen molar-refractivity contribution in [2.75, 3.05) is 4.90 Å². The van der Waals surface area contributed by atoms with Crippen molar-refractivity contribution in [1.29, 1.82) is 0 Å². The van der Waals surface area contributed by atoms with E-state index < -0.39 is 8.07 Å². The predicted molar refractivity (Wildman–Crippen MR) is 157 cm³/mol. The topological polar surface area (TPSA) is 34.0 Å². The number of hydrogen-bond donors (Lipinski definition) is 0. The van der Waals surface area contributed by atoms with E-state index in [1.54, 1.807) is 0 Å². The van der Waals surface area contributed by atoms with Crippen molar-refractivity contribution in [2.24, 2.45) is 0 Å². The lowest BCUT2D eigenvalue weighted by Crippen LogP contribution is -2.58. The van der Waals surface area contributed by atoms with Crippen molar-refractivity contribution < 1.29 is 0 Å². The van der Waals surface area contributed by atoms with Crippen molar-refractivity contribution in [3.63, 3.8) is 0 Å². The first-order valence-corrected chi connectivity index (χ1v) is 15.8. The van der Waals surface area contributed by atoms with Gasteiger partial charge in [0.1, 0.15) is 13.9 Å². The molecule has 1 aliphatic heterocycles. The van der Waals surface area contributed by atoms with Gasteiger partial charge in [0.15, 0.2) is 0 Å². The van der Waals surface area contributed by atoms with E-state index in [2.05, 4.69) is 120 Å². The Hall–Kier alpha value is -4.22. The zero-order chi connectivity index (χ0) is 25.3. The summed E-state index contributed by atoms with van der Waals surface area (Å²) in [4.78, 5) is 12.1. The summed E-state index contributed by atoms with van der Waals surface area (Å²) in [5, 5.41) is 4.08. The van der Waals surface area contributed by atoms with Crippen molar-refractivity contribution in [1.82, 2.24) is 14.5 Å². The minimum atomic E-state index is -1.87. The van der Waals surface area contributed by atoms with Crippen LogP contribution in [0.15, 0.2) is 97.3 Å². The highest BCUT2D eigenvalue weighted by Gasteiger charge is 2.39. The van der Waals surface area contributed by atoms with Crippen molar-refractivity contribution in [2.45, 2.75) is 26.9 Å². The van der Waals surface area contributed by atoms with Crippen LogP contribution in [0.4, 0.5) is 17.2 Å². The molecule has 0 fully saturated rings. The molecule has 37 heavy (non-hydrogen) atoms. The van der Waals surface area contributed by atoms with E-state index in [1.165, 1.54) is 32.9 Å². The fourth-order valence-corrected chi connectivity index (χ4v) is 9.06. The van der Waals surface area contributed by atoms with Crippen LogP contribution in [0.3, 0.4) is 0 Å².